The number of rotatable bonds is 2. The molecule has 0 saturated carbocycles. The molecule has 0 radical (unpaired) electrons. The third-order valence-electron chi connectivity index (χ3n) is 4.79. The first kappa shape index (κ1) is 17.2. The Morgan fingerprint density at radius 3 is 1.86 bits per heavy atom. The fourth-order valence-electron chi connectivity index (χ4n) is 3.04. The molecule has 1 aliphatic rings. The van der Waals surface area contributed by atoms with Crippen molar-refractivity contribution in [2.45, 2.75) is 71.0 Å². The first-order valence-electron chi connectivity index (χ1n) is 7.90. The van der Waals surface area contributed by atoms with Crippen LogP contribution in [0.5, 0.6) is 5.75 Å². The second-order valence-electron chi connectivity index (χ2n) is 7.52. The van der Waals surface area contributed by atoms with Crippen LogP contribution in [-0.2, 0) is 5.41 Å². The number of phenols is 1. The van der Waals surface area contributed by atoms with E-state index in [9.17, 15) is 5.11 Å². The quantitative estimate of drug-likeness (QED) is 0.706. The molecule has 2 rings (SSSR count). The summed E-state index contributed by atoms with van der Waals surface area (Å²) in [6, 6.07) is 4.10. The Morgan fingerprint density at radius 2 is 1.41 bits per heavy atom. The minimum atomic E-state index is 0.0176. The molecule has 0 fully saturated rings. The van der Waals surface area contributed by atoms with Crippen LogP contribution in [-0.4, -0.2) is 10.4 Å². The van der Waals surface area contributed by atoms with Gasteiger partial charge in [0.15, 0.2) is 0 Å². The summed E-state index contributed by atoms with van der Waals surface area (Å²) < 4.78 is 0. The van der Waals surface area contributed by atoms with Crippen molar-refractivity contribution < 1.29 is 5.11 Å². The van der Waals surface area contributed by atoms with Gasteiger partial charge >= 0.3 is 0 Å². The summed E-state index contributed by atoms with van der Waals surface area (Å²) in [7, 11) is 0. The summed E-state index contributed by atoms with van der Waals surface area (Å²) in [6.07, 6.45) is 0. The average molecular weight is 317 g/mol. The molecule has 1 aromatic carbocycles. The highest BCUT2D eigenvalue weighted by molar-refractivity contribution is 8.00. The topological polar surface area (TPSA) is 20.2 Å². The first-order valence-corrected chi connectivity index (χ1v) is 8.78. The average Bonchev–Trinajstić information content (AvgIpc) is 2.57. The molecular weight excluding hydrogens is 288 g/mol. The second kappa shape index (κ2) is 5.81. The lowest BCUT2D eigenvalue weighted by atomic mass is 9.86. The number of thioether (sulfide) groups is 1. The number of hydrogen-bond acceptors (Lipinski definition) is 2. The number of phenolic OH excluding ortho intramolecular Hbond substituents is 1. The summed E-state index contributed by atoms with van der Waals surface area (Å²) in [5.74, 6) is 0.415. The second-order valence-corrected chi connectivity index (χ2v) is 8.64. The van der Waals surface area contributed by atoms with E-state index in [1.165, 1.54) is 27.9 Å². The highest BCUT2D eigenvalue weighted by Crippen LogP contribution is 2.47. The molecule has 0 saturated heterocycles. The standard InChI is InChI=1S/C20H28OS/c1-11-9-16(20(6,7)8)19(17(21)10-11)22-18-14(4)12(2)13(3)15(18)5/h9-10,18,21H,1-8H3. The molecule has 0 aromatic heterocycles. The Bertz CT molecular complexity index is 648. The van der Waals surface area contributed by atoms with Crippen LogP contribution in [0, 0.1) is 6.92 Å². The lowest BCUT2D eigenvalue weighted by Gasteiger charge is -2.26. The molecule has 0 bridgehead atoms. The normalized spacial score (nSPS) is 16.9. The van der Waals surface area contributed by atoms with E-state index in [1.807, 2.05) is 13.0 Å². The minimum absolute atomic E-state index is 0.0176. The van der Waals surface area contributed by atoms with E-state index in [2.05, 4.69) is 54.5 Å². The van der Waals surface area contributed by atoms with Gasteiger partial charge in [-0.3, -0.25) is 0 Å². The van der Waals surface area contributed by atoms with Crippen LogP contribution in [0.15, 0.2) is 39.3 Å². The predicted octanol–water partition coefficient (Wildman–Crippen LogP) is 6.15. The molecule has 0 spiro atoms. The van der Waals surface area contributed by atoms with Crippen molar-refractivity contribution in [1.29, 1.82) is 0 Å². The van der Waals surface area contributed by atoms with Gasteiger partial charge < -0.3 is 5.11 Å². The molecule has 1 nitrogen and oxygen atoms in total. The van der Waals surface area contributed by atoms with Crippen molar-refractivity contribution >= 4 is 11.8 Å². The Labute approximate surface area is 139 Å². The largest absolute Gasteiger partial charge is 0.507 e. The van der Waals surface area contributed by atoms with Crippen molar-refractivity contribution in [3.63, 3.8) is 0 Å². The minimum Gasteiger partial charge on any atom is -0.507 e. The molecule has 22 heavy (non-hydrogen) atoms. The molecule has 0 heterocycles. The van der Waals surface area contributed by atoms with Gasteiger partial charge in [0.25, 0.3) is 0 Å². The zero-order valence-corrected chi connectivity index (χ0v) is 15.9. The van der Waals surface area contributed by atoms with Crippen LogP contribution in [0.1, 0.15) is 59.6 Å². The Hall–Kier alpha value is -1.15. The maximum Gasteiger partial charge on any atom is 0.129 e. The molecule has 0 aliphatic heterocycles. The van der Waals surface area contributed by atoms with Crippen LogP contribution >= 0.6 is 11.8 Å². The van der Waals surface area contributed by atoms with Gasteiger partial charge in [-0.15, -0.1) is 11.8 Å². The van der Waals surface area contributed by atoms with Crippen LogP contribution in [0.25, 0.3) is 0 Å². The van der Waals surface area contributed by atoms with E-state index in [-0.39, 0.29) is 5.41 Å². The first-order chi connectivity index (χ1) is 10.0. The zero-order chi connectivity index (χ0) is 16.8. The fourth-order valence-corrected chi connectivity index (χ4v) is 4.65. The number of allylic oxidation sites excluding steroid dienone is 2. The lowest BCUT2D eigenvalue weighted by molar-refractivity contribution is 0.453. The van der Waals surface area contributed by atoms with E-state index in [4.69, 9.17) is 0 Å². The molecule has 120 valence electrons. The maximum absolute atomic E-state index is 10.5. The number of benzene rings is 1. The van der Waals surface area contributed by atoms with Gasteiger partial charge in [0.2, 0.25) is 0 Å². The Kier molecular flexibility index (Phi) is 4.54. The molecule has 1 N–H and O–H groups in total. The van der Waals surface area contributed by atoms with Crippen LogP contribution in [0.2, 0.25) is 0 Å². The third kappa shape index (κ3) is 2.99. The number of hydrogen-bond donors (Lipinski definition) is 1. The van der Waals surface area contributed by atoms with Gasteiger partial charge in [0, 0.05) is 0 Å². The van der Waals surface area contributed by atoms with Crippen LogP contribution in [0.3, 0.4) is 0 Å². The van der Waals surface area contributed by atoms with Crippen LogP contribution in [0.4, 0.5) is 0 Å². The predicted molar refractivity (Wildman–Crippen MR) is 97.9 cm³/mol. The van der Waals surface area contributed by atoms with E-state index in [0.29, 0.717) is 11.0 Å². The number of aryl methyl sites for hydroxylation is 1. The molecule has 0 amide bonds. The summed E-state index contributed by atoms with van der Waals surface area (Å²) in [5, 5.41) is 10.9. The summed E-state index contributed by atoms with van der Waals surface area (Å²) >= 11 is 1.80. The summed E-state index contributed by atoms with van der Waals surface area (Å²) in [5.41, 5.74) is 8.00. The van der Waals surface area contributed by atoms with E-state index >= 15 is 0 Å². The van der Waals surface area contributed by atoms with Gasteiger partial charge in [0.05, 0.1) is 10.1 Å². The molecule has 0 unspecified atom stereocenters. The smallest absolute Gasteiger partial charge is 0.129 e. The van der Waals surface area contributed by atoms with Crippen molar-refractivity contribution in [2.75, 3.05) is 0 Å². The SMILES string of the molecule is CC1=C(C)C(Sc2c(O)cc(C)cc2C(C)(C)C)C(C)=C1C. The molecule has 0 atom stereocenters. The molecular formula is C20H28OS. The van der Waals surface area contributed by atoms with Gasteiger partial charge in [-0.25, -0.2) is 0 Å². The lowest BCUT2D eigenvalue weighted by Crippen LogP contribution is -2.14. The Balaban J connectivity index is 2.52. The molecule has 1 aliphatic carbocycles. The van der Waals surface area contributed by atoms with Crippen LogP contribution < -0.4 is 0 Å². The van der Waals surface area contributed by atoms with Crippen molar-refractivity contribution in [2.24, 2.45) is 0 Å². The summed E-state index contributed by atoms with van der Waals surface area (Å²) in [4.78, 5) is 1.03. The molecule has 1 aromatic rings. The van der Waals surface area contributed by atoms with Crippen molar-refractivity contribution in [3.05, 3.63) is 45.6 Å². The molecule has 2 heteroatoms. The van der Waals surface area contributed by atoms with E-state index in [0.717, 1.165) is 10.5 Å². The Morgan fingerprint density at radius 1 is 0.909 bits per heavy atom. The van der Waals surface area contributed by atoms with Gasteiger partial charge in [-0.1, -0.05) is 38.0 Å². The summed E-state index contributed by atoms with van der Waals surface area (Å²) in [6.45, 7) is 17.5. The van der Waals surface area contributed by atoms with E-state index in [1.54, 1.807) is 11.8 Å². The van der Waals surface area contributed by atoms with E-state index < -0.39 is 0 Å². The van der Waals surface area contributed by atoms with Gasteiger partial charge in [-0.05, 0) is 68.4 Å². The maximum atomic E-state index is 10.5. The highest BCUT2D eigenvalue weighted by Gasteiger charge is 2.29. The zero-order valence-electron chi connectivity index (χ0n) is 15.1. The van der Waals surface area contributed by atoms with Gasteiger partial charge in [0.1, 0.15) is 5.75 Å². The number of aromatic hydroxyl groups is 1. The van der Waals surface area contributed by atoms with Crippen molar-refractivity contribution in [3.8, 4) is 5.75 Å². The fraction of sp³-hybridized carbons (Fsp3) is 0.500. The van der Waals surface area contributed by atoms with Gasteiger partial charge in [-0.2, -0.15) is 0 Å². The third-order valence-corrected chi connectivity index (χ3v) is 6.40. The monoisotopic (exact) mass is 316 g/mol. The van der Waals surface area contributed by atoms with Crippen molar-refractivity contribution in [1.82, 2.24) is 0 Å². The highest BCUT2D eigenvalue weighted by atomic mass is 32.2.